The highest BCUT2D eigenvalue weighted by molar-refractivity contribution is 5.64. The Morgan fingerprint density at radius 1 is 0.947 bits per heavy atom. The zero-order chi connectivity index (χ0) is 14.2. The van der Waals surface area contributed by atoms with E-state index in [0.29, 0.717) is 11.8 Å². The summed E-state index contributed by atoms with van der Waals surface area (Å²) in [6, 6.07) is 8.80. The molecule has 1 aromatic carbocycles. The van der Waals surface area contributed by atoms with Gasteiger partial charge in [0, 0.05) is 18.3 Å². The minimum atomic E-state index is 0.501. The van der Waals surface area contributed by atoms with E-state index in [1.54, 1.807) is 0 Å². The lowest BCUT2D eigenvalue weighted by Gasteiger charge is -2.07. The lowest BCUT2D eigenvalue weighted by molar-refractivity contribution is 0.667. The number of hydrogen-bond acceptors (Lipinski definition) is 1. The molecule has 0 spiro atoms. The number of aromatic nitrogens is 2. The van der Waals surface area contributed by atoms with E-state index in [0.717, 1.165) is 5.69 Å². The molecule has 2 nitrogen and oxygen atoms in total. The Bertz CT molecular complexity index is 560. The van der Waals surface area contributed by atoms with Crippen LogP contribution < -0.4 is 0 Å². The average Bonchev–Trinajstić information content (AvgIpc) is 2.65. The number of rotatable bonds is 3. The van der Waals surface area contributed by atoms with Crippen molar-refractivity contribution in [1.29, 1.82) is 0 Å². The molecular weight excluding hydrogens is 232 g/mol. The Labute approximate surface area is 116 Å². The van der Waals surface area contributed by atoms with E-state index in [4.69, 9.17) is 5.10 Å². The van der Waals surface area contributed by atoms with Crippen LogP contribution in [0.1, 0.15) is 56.4 Å². The van der Waals surface area contributed by atoms with Gasteiger partial charge in [-0.25, -0.2) is 0 Å². The van der Waals surface area contributed by atoms with E-state index in [9.17, 15) is 0 Å². The zero-order valence-electron chi connectivity index (χ0n) is 12.9. The topological polar surface area (TPSA) is 17.8 Å². The monoisotopic (exact) mass is 256 g/mol. The van der Waals surface area contributed by atoms with Gasteiger partial charge in [0.05, 0.1) is 5.69 Å². The fourth-order valence-electron chi connectivity index (χ4n) is 2.75. The quantitative estimate of drug-likeness (QED) is 0.782. The highest BCUT2D eigenvalue weighted by Crippen LogP contribution is 2.29. The summed E-state index contributed by atoms with van der Waals surface area (Å²) in [6.45, 7) is 11.1. The minimum Gasteiger partial charge on any atom is -0.271 e. The summed E-state index contributed by atoms with van der Waals surface area (Å²) in [5.41, 5.74) is 6.32. The van der Waals surface area contributed by atoms with Crippen molar-refractivity contribution in [3.05, 3.63) is 41.1 Å². The number of hydrogen-bond donors (Lipinski definition) is 0. The first-order chi connectivity index (χ1) is 8.91. The average molecular weight is 256 g/mol. The van der Waals surface area contributed by atoms with Gasteiger partial charge in [0.25, 0.3) is 0 Å². The summed E-state index contributed by atoms with van der Waals surface area (Å²) in [6.07, 6.45) is 0. The van der Waals surface area contributed by atoms with Gasteiger partial charge in [0.15, 0.2) is 0 Å². The molecule has 2 rings (SSSR count). The molecule has 0 fully saturated rings. The highest BCUT2D eigenvalue weighted by Gasteiger charge is 2.16. The number of nitrogens with zero attached hydrogens (tertiary/aromatic N) is 2. The SMILES string of the molecule is Cc1c(-c2ccc(C(C)C)cc2)nn(C)c1C(C)C. The fraction of sp³-hybridized carbons (Fsp3) is 0.471. The molecule has 2 heteroatoms. The first-order valence-electron chi connectivity index (χ1n) is 7.05. The van der Waals surface area contributed by atoms with Gasteiger partial charge in [0.1, 0.15) is 0 Å². The third kappa shape index (κ3) is 2.58. The van der Waals surface area contributed by atoms with Crippen LogP contribution >= 0.6 is 0 Å². The molecule has 0 aliphatic heterocycles. The van der Waals surface area contributed by atoms with Crippen LogP contribution in [0.25, 0.3) is 11.3 Å². The Hall–Kier alpha value is -1.57. The summed E-state index contributed by atoms with van der Waals surface area (Å²) in [5, 5.41) is 4.69. The first kappa shape index (κ1) is 13.9. The van der Waals surface area contributed by atoms with Gasteiger partial charge in [0.2, 0.25) is 0 Å². The normalized spacial score (nSPS) is 11.6. The maximum atomic E-state index is 4.69. The summed E-state index contributed by atoms with van der Waals surface area (Å²) in [4.78, 5) is 0. The van der Waals surface area contributed by atoms with Gasteiger partial charge in [-0.1, -0.05) is 52.0 Å². The highest BCUT2D eigenvalue weighted by atomic mass is 15.3. The molecule has 2 aromatic rings. The van der Waals surface area contributed by atoms with Crippen molar-refractivity contribution < 1.29 is 0 Å². The second-order valence-corrected chi connectivity index (χ2v) is 5.91. The molecule has 19 heavy (non-hydrogen) atoms. The molecule has 0 radical (unpaired) electrons. The van der Waals surface area contributed by atoms with Crippen molar-refractivity contribution in [3.8, 4) is 11.3 Å². The van der Waals surface area contributed by atoms with Crippen molar-refractivity contribution >= 4 is 0 Å². The van der Waals surface area contributed by atoms with Crippen molar-refractivity contribution in [1.82, 2.24) is 9.78 Å². The van der Waals surface area contributed by atoms with E-state index in [1.807, 2.05) is 11.7 Å². The van der Waals surface area contributed by atoms with Gasteiger partial charge in [-0.3, -0.25) is 4.68 Å². The van der Waals surface area contributed by atoms with Gasteiger partial charge >= 0.3 is 0 Å². The van der Waals surface area contributed by atoms with Gasteiger partial charge in [-0.15, -0.1) is 0 Å². The molecule has 0 amide bonds. The van der Waals surface area contributed by atoms with Gasteiger partial charge < -0.3 is 0 Å². The number of benzene rings is 1. The largest absolute Gasteiger partial charge is 0.271 e. The summed E-state index contributed by atoms with van der Waals surface area (Å²) >= 11 is 0. The molecule has 1 heterocycles. The van der Waals surface area contributed by atoms with E-state index in [-0.39, 0.29) is 0 Å². The van der Waals surface area contributed by atoms with E-state index in [1.165, 1.54) is 22.4 Å². The smallest absolute Gasteiger partial charge is 0.0955 e. The van der Waals surface area contributed by atoms with E-state index >= 15 is 0 Å². The lowest BCUT2D eigenvalue weighted by atomic mass is 9.98. The van der Waals surface area contributed by atoms with Crippen LogP contribution in [0.4, 0.5) is 0 Å². The lowest BCUT2D eigenvalue weighted by Crippen LogP contribution is -2.00. The molecule has 0 atom stereocenters. The predicted octanol–water partition coefficient (Wildman–Crippen LogP) is 4.64. The Kier molecular flexibility index (Phi) is 3.79. The Balaban J connectivity index is 2.45. The van der Waals surface area contributed by atoms with Crippen LogP contribution in [-0.2, 0) is 7.05 Å². The van der Waals surface area contributed by atoms with Crippen molar-refractivity contribution in [2.24, 2.45) is 7.05 Å². The van der Waals surface area contributed by atoms with Crippen LogP contribution in [0.3, 0.4) is 0 Å². The minimum absolute atomic E-state index is 0.501. The maximum Gasteiger partial charge on any atom is 0.0955 e. The molecule has 0 bridgehead atoms. The molecule has 0 saturated carbocycles. The van der Waals surface area contributed by atoms with Crippen molar-refractivity contribution in [3.63, 3.8) is 0 Å². The summed E-state index contributed by atoms with van der Waals surface area (Å²) < 4.78 is 2.02. The van der Waals surface area contributed by atoms with Crippen LogP contribution in [0, 0.1) is 6.92 Å². The third-order valence-corrected chi connectivity index (χ3v) is 3.74. The fourth-order valence-corrected chi connectivity index (χ4v) is 2.75. The molecule has 0 unspecified atom stereocenters. The zero-order valence-corrected chi connectivity index (χ0v) is 12.9. The molecule has 102 valence electrons. The molecule has 1 aromatic heterocycles. The molecule has 0 aliphatic carbocycles. The van der Waals surface area contributed by atoms with Gasteiger partial charge in [-0.2, -0.15) is 5.10 Å². The van der Waals surface area contributed by atoms with E-state index in [2.05, 4.69) is 58.9 Å². The van der Waals surface area contributed by atoms with Crippen LogP contribution in [-0.4, -0.2) is 9.78 Å². The first-order valence-corrected chi connectivity index (χ1v) is 7.05. The van der Waals surface area contributed by atoms with E-state index < -0.39 is 0 Å². The van der Waals surface area contributed by atoms with Crippen LogP contribution in [0.15, 0.2) is 24.3 Å². The summed E-state index contributed by atoms with van der Waals surface area (Å²) in [7, 11) is 2.04. The molecule has 0 N–H and O–H groups in total. The molecule has 0 aliphatic rings. The maximum absolute atomic E-state index is 4.69. The van der Waals surface area contributed by atoms with Gasteiger partial charge in [-0.05, 0) is 29.9 Å². The van der Waals surface area contributed by atoms with Crippen molar-refractivity contribution in [2.45, 2.75) is 46.5 Å². The Morgan fingerprint density at radius 2 is 1.53 bits per heavy atom. The molecular formula is C17H24N2. The van der Waals surface area contributed by atoms with Crippen LogP contribution in [0.5, 0.6) is 0 Å². The number of aryl methyl sites for hydroxylation is 1. The molecule has 0 saturated heterocycles. The van der Waals surface area contributed by atoms with Crippen molar-refractivity contribution in [2.75, 3.05) is 0 Å². The second-order valence-electron chi connectivity index (χ2n) is 5.91. The third-order valence-electron chi connectivity index (χ3n) is 3.74. The Morgan fingerprint density at radius 3 is 1.95 bits per heavy atom. The second kappa shape index (κ2) is 5.20. The van der Waals surface area contributed by atoms with Crippen LogP contribution in [0.2, 0.25) is 0 Å². The predicted molar refractivity (Wildman–Crippen MR) is 81.6 cm³/mol. The summed E-state index contributed by atoms with van der Waals surface area (Å²) in [5.74, 6) is 1.08. The standard InChI is InChI=1S/C17H24N2/c1-11(2)14-7-9-15(10-8-14)16-13(5)17(12(3)4)19(6)18-16/h7-12H,1-6H3.